The van der Waals surface area contributed by atoms with Gasteiger partial charge in [0.2, 0.25) is 5.88 Å². The highest BCUT2D eigenvalue weighted by molar-refractivity contribution is 7.00. The first-order valence-corrected chi connectivity index (χ1v) is 10.8. The lowest BCUT2D eigenvalue weighted by atomic mass is 10.1. The summed E-state index contributed by atoms with van der Waals surface area (Å²) in [6.45, 7) is 4.37. The quantitative estimate of drug-likeness (QED) is 0.433. The maximum Gasteiger partial charge on any atom is 0.256 e. The number of nitrogens with one attached hydrogen (secondary N) is 1. The number of ether oxygens (including phenoxy) is 1. The first kappa shape index (κ1) is 20.1. The minimum absolute atomic E-state index is 0.238. The van der Waals surface area contributed by atoms with Gasteiger partial charge >= 0.3 is 0 Å². The highest BCUT2D eigenvalue weighted by Gasteiger charge is 2.19. The van der Waals surface area contributed by atoms with Gasteiger partial charge < -0.3 is 10.1 Å². The lowest BCUT2D eigenvalue weighted by Gasteiger charge is -2.10. The van der Waals surface area contributed by atoms with E-state index in [0.717, 1.165) is 33.4 Å². The molecule has 32 heavy (non-hydrogen) atoms. The molecule has 160 valence electrons. The van der Waals surface area contributed by atoms with Crippen LogP contribution in [-0.2, 0) is 6.54 Å². The summed E-state index contributed by atoms with van der Waals surface area (Å²) in [7, 11) is 1.54. The Bertz CT molecular complexity index is 1470. The van der Waals surface area contributed by atoms with Gasteiger partial charge in [0.15, 0.2) is 0 Å². The Labute approximate surface area is 188 Å². The Hall–Kier alpha value is -3.85. The van der Waals surface area contributed by atoms with Crippen molar-refractivity contribution in [1.82, 2.24) is 23.5 Å². The Kier molecular flexibility index (Phi) is 5.02. The number of rotatable bonds is 5. The Morgan fingerprint density at radius 2 is 1.91 bits per heavy atom. The number of pyridine rings is 1. The molecule has 2 aromatic carbocycles. The zero-order valence-electron chi connectivity index (χ0n) is 17.8. The van der Waals surface area contributed by atoms with Gasteiger partial charge in [-0.3, -0.25) is 9.48 Å². The number of hydrogen-bond acceptors (Lipinski definition) is 7. The van der Waals surface area contributed by atoms with E-state index in [9.17, 15) is 4.79 Å². The molecule has 3 heterocycles. The summed E-state index contributed by atoms with van der Waals surface area (Å²) in [5.74, 6) is 0.154. The first-order valence-electron chi connectivity index (χ1n) is 10.0. The van der Waals surface area contributed by atoms with Gasteiger partial charge in [-0.25, -0.2) is 4.98 Å². The predicted molar refractivity (Wildman–Crippen MR) is 124 cm³/mol. The topological polar surface area (TPSA) is 94.8 Å². The van der Waals surface area contributed by atoms with Crippen LogP contribution >= 0.6 is 11.7 Å². The molecule has 0 aliphatic carbocycles. The number of benzene rings is 2. The van der Waals surface area contributed by atoms with E-state index in [1.165, 1.54) is 18.8 Å². The van der Waals surface area contributed by atoms with Gasteiger partial charge in [-0.1, -0.05) is 30.3 Å². The SMILES string of the molecule is COc1cc(C(=O)Nc2c(C)nn(Cc3cccc4nsnc34)c2C)c2ccccc2n1. The number of nitrogens with zero attached hydrogens (tertiary/aromatic N) is 5. The summed E-state index contributed by atoms with van der Waals surface area (Å²) in [5.41, 5.74) is 6.28. The molecule has 1 N–H and O–H groups in total. The fourth-order valence-corrected chi connectivity index (χ4v) is 4.38. The minimum atomic E-state index is -0.238. The number of fused-ring (bicyclic) bond motifs is 2. The van der Waals surface area contributed by atoms with Crippen LogP contribution < -0.4 is 10.1 Å². The van der Waals surface area contributed by atoms with Crippen LogP contribution in [0.25, 0.3) is 21.9 Å². The molecule has 3 aromatic heterocycles. The Morgan fingerprint density at radius 3 is 2.75 bits per heavy atom. The third kappa shape index (κ3) is 3.46. The summed E-state index contributed by atoms with van der Waals surface area (Å²) in [5, 5.41) is 8.46. The molecule has 0 bridgehead atoms. The fourth-order valence-electron chi connectivity index (χ4n) is 3.81. The number of anilines is 1. The van der Waals surface area contributed by atoms with E-state index >= 15 is 0 Å². The number of amides is 1. The van der Waals surface area contributed by atoms with Crippen molar-refractivity contribution in [3.05, 3.63) is 71.0 Å². The summed E-state index contributed by atoms with van der Waals surface area (Å²) in [6, 6.07) is 15.1. The number of hydrogen-bond donors (Lipinski definition) is 1. The highest BCUT2D eigenvalue weighted by atomic mass is 32.1. The van der Waals surface area contributed by atoms with Crippen molar-refractivity contribution in [1.29, 1.82) is 0 Å². The molecule has 1 amide bonds. The molecule has 0 atom stereocenters. The maximum atomic E-state index is 13.3. The zero-order chi connectivity index (χ0) is 22.2. The summed E-state index contributed by atoms with van der Waals surface area (Å²) < 4.78 is 15.9. The first-order chi connectivity index (χ1) is 15.5. The largest absolute Gasteiger partial charge is 0.481 e. The van der Waals surface area contributed by atoms with Crippen LogP contribution in [0.15, 0.2) is 48.5 Å². The van der Waals surface area contributed by atoms with Crippen molar-refractivity contribution in [2.24, 2.45) is 0 Å². The van der Waals surface area contributed by atoms with Crippen LogP contribution in [0, 0.1) is 13.8 Å². The number of carbonyl (C=O) groups excluding carboxylic acids is 1. The second-order valence-corrected chi connectivity index (χ2v) is 7.96. The van der Waals surface area contributed by atoms with Crippen LogP contribution in [0.1, 0.15) is 27.3 Å². The third-order valence-electron chi connectivity index (χ3n) is 5.46. The molecule has 9 heteroatoms. The van der Waals surface area contributed by atoms with Crippen LogP contribution in [-0.4, -0.2) is 36.5 Å². The molecular weight excluding hydrogens is 424 g/mol. The third-order valence-corrected chi connectivity index (χ3v) is 6.00. The smallest absolute Gasteiger partial charge is 0.256 e. The van der Waals surface area contributed by atoms with E-state index in [4.69, 9.17) is 4.74 Å². The van der Waals surface area contributed by atoms with E-state index in [1.807, 2.05) is 61.0 Å². The molecule has 0 unspecified atom stereocenters. The average molecular weight is 445 g/mol. The van der Waals surface area contributed by atoms with Gasteiger partial charge in [0.1, 0.15) is 11.0 Å². The standard InChI is InChI=1S/C23H20N6O2S/c1-13-21(14(2)29(26-13)12-15-7-6-10-19-22(15)28-32-27-19)25-23(30)17-11-20(31-3)24-18-9-5-4-8-16(17)18/h4-11H,12H2,1-3H3,(H,25,30). The molecule has 5 rings (SSSR count). The lowest BCUT2D eigenvalue weighted by Crippen LogP contribution is -2.14. The van der Waals surface area contributed by atoms with Gasteiger partial charge in [-0.2, -0.15) is 13.8 Å². The van der Waals surface area contributed by atoms with Gasteiger partial charge in [0.05, 0.1) is 53.5 Å². The highest BCUT2D eigenvalue weighted by Crippen LogP contribution is 2.26. The fraction of sp³-hybridized carbons (Fsp3) is 0.174. The van der Waals surface area contributed by atoms with Gasteiger partial charge in [0.25, 0.3) is 5.91 Å². The van der Waals surface area contributed by atoms with Crippen molar-refractivity contribution >= 4 is 45.3 Å². The second-order valence-electron chi connectivity index (χ2n) is 7.44. The molecule has 0 fully saturated rings. The minimum Gasteiger partial charge on any atom is -0.481 e. The zero-order valence-corrected chi connectivity index (χ0v) is 18.6. The van der Waals surface area contributed by atoms with Gasteiger partial charge in [-0.05, 0) is 26.0 Å². The van der Waals surface area contributed by atoms with Crippen molar-refractivity contribution in [2.45, 2.75) is 20.4 Å². The molecule has 0 saturated heterocycles. The number of para-hydroxylation sites is 1. The van der Waals surface area contributed by atoms with E-state index < -0.39 is 0 Å². The monoisotopic (exact) mass is 444 g/mol. The van der Waals surface area contributed by atoms with Crippen LogP contribution in [0.5, 0.6) is 5.88 Å². The van der Waals surface area contributed by atoms with Gasteiger partial charge in [0, 0.05) is 17.0 Å². The van der Waals surface area contributed by atoms with E-state index in [1.54, 1.807) is 6.07 Å². The van der Waals surface area contributed by atoms with Gasteiger partial charge in [-0.15, -0.1) is 0 Å². The molecule has 5 aromatic rings. The molecule has 0 spiro atoms. The number of methoxy groups -OCH3 is 1. The molecule has 0 aliphatic heterocycles. The van der Waals surface area contributed by atoms with Crippen LogP contribution in [0.2, 0.25) is 0 Å². The molecule has 0 aliphatic rings. The normalized spacial score (nSPS) is 11.2. The Morgan fingerprint density at radius 1 is 1.09 bits per heavy atom. The maximum absolute atomic E-state index is 13.3. The lowest BCUT2D eigenvalue weighted by molar-refractivity contribution is 0.102. The van der Waals surface area contributed by atoms with Crippen molar-refractivity contribution in [2.75, 3.05) is 12.4 Å². The number of aromatic nitrogens is 5. The average Bonchev–Trinajstić information content (AvgIpc) is 3.39. The molecule has 8 nitrogen and oxygen atoms in total. The number of carbonyl (C=O) groups is 1. The van der Waals surface area contributed by atoms with Crippen LogP contribution in [0.4, 0.5) is 5.69 Å². The molecular formula is C23H20N6O2S. The summed E-state index contributed by atoms with van der Waals surface area (Å²) >= 11 is 1.20. The second kappa shape index (κ2) is 8.01. The molecule has 0 radical (unpaired) electrons. The van der Waals surface area contributed by atoms with Crippen LogP contribution in [0.3, 0.4) is 0 Å². The van der Waals surface area contributed by atoms with Crippen molar-refractivity contribution in [3.63, 3.8) is 0 Å². The van der Waals surface area contributed by atoms with E-state index in [2.05, 4.69) is 24.1 Å². The predicted octanol–water partition coefficient (Wildman–Crippen LogP) is 4.36. The molecule has 0 saturated carbocycles. The van der Waals surface area contributed by atoms with E-state index in [-0.39, 0.29) is 5.91 Å². The number of aryl methyl sites for hydroxylation is 1. The van der Waals surface area contributed by atoms with Crippen molar-refractivity contribution in [3.8, 4) is 5.88 Å². The van der Waals surface area contributed by atoms with E-state index in [0.29, 0.717) is 29.2 Å². The summed E-state index contributed by atoms with van der Waals surface area (Å²) in [4.78, 5) is 17.7. The Balaban J connectivity index is 1.48. The van der Waals surface area contributed by atoms with Crippen molar-refractivity contribution < 1.29 is 9.53 Å². The summed E-state index contributed by atoms with van der Waals surface area (Å²) in [6.07, 6.45) is 0.